The predicted octanol–water partition coefficient (Wildman–Crippen LogP) is 4.43. The lowest BCUT2D eigenvalue weighted by Crippen LogP contribution is -2.04. The van der Waals surface area contributed by atoms with Crippen molar-refractivity contribution in [2.24, 2.45) is 5.92 Å². The van der Waals surface area contributed by atoms with E-state index in [-0.39, 0.29) is 0 Å². The van der Waals surface area contributed by atoms with Crippen molar-refractivity contribution in [2.45, 2.75) is 52.4 Å². The van der Waals surface area contributed by atoms with Gasteiger partial charge in [-0.3, -0.25) is 0 Å². The summed E-state index contributed by atoms with van der Waals surface area (Å²) < 4.78 is 5.56. The fourth-order valence-corrected chi connectivity index (χ4v) is 1.89. The molecule has 0 rings (SSSR count). The molecule has 0 aliphatic heterocycles. The first-order chi connectivity index (χ1) is 7.85. The van der Waals surface area contributed by atoms with Crippen LogP contribution in [0.25, 0.3) is 0 Å². The molecule has 0 N–H and O–H groups in total. The standard InChI is InChI=1S/C14H29OP/c1-3-5-6-8-14(9-7-13-16)10-12-15-11-4-2/h6,8,14H,3-5,7,9-13,16H2,1-2H3. The molecule has 0 aliphatic rings. The zero-order valence-electron chi connectivity index (χ0n) is 11.1. The highest BCUT2D eigenvalue weighted by atomic mass is 31.0. The minimum Gasteiger partial charge on any atom is -0.381 e. The molecule has 0 aromatic carbocycles. The maximum Gasteiger partial charge on any atom is 0.0471 e. The zero-order chi connectivity index (χ0) is 12.1. The molecule has 0 heterocycles. The van der Waals surface area contributed by atoms with Crippen molar-refractivity contribution >= 4 is 9.24 Å². The van der Waals surface area contributed by atoms with Crippen LogP contribution in [0.2, 0.25) is 0 Å². The summed E-state index contributed by atoms with van der Waals surface area (Å²) in [5, 5.41) is 0. The van der Waals surface area contributed by atoms with Gasteiger partial charge in [0.1, 0.15) is 0 Å². The maximum absolute atomic E-state index is 5.56. The third-order valence-corrected chi connectivity index (χ3v) is 3.03. The van der Waals surface area contributed by atoms with Gasteiger partial charge < -0.3 is 4.74 Å². The summed E-state index contributed by atoms with van der Waals surface area (Å²) in [6.07, 6.45) is 13.3. The van der Waals surface area contributed by atoms with E-state index in [9.17, 15) is 0 Å². The van der Waals surface area contributed by atoms with Crippen LogP contribution < -0.4 is 0 Å². The average molecular weight is 244 g/mol. The molecule has 2 atom stereocenters. The SMILES string of the molecule is CCCC=CC(CCCP)CCOCCC. The normalized spacial score (nSPS) is 13.4. The maximum atomic E-state index is 5.56. The van der Waals surface area contributed by atoms with Crippen molar-refractivity contribution in [3.05, 3.63) is 12.2 Å². The highest BCUT2D eigenvalue weighted by Crippen LogP contribution is 2.15. The largest absolute Gasteiger partial charge is 0.381 e. The summed E-state index contributed by atoms with van der Waals surface area (Å²) in [4.78, 5) is 0. The minimum atomic E-state index is 0.726. The number of allylic oxidation sites excluding steroid dienone is 2. The van der Waals surface area contributed by atoms with Gasteiger partial charge in [-0.05, 0) is 44.2 Å². The molecule has 0 radical (unpaired) electrons. The van der Waals surface area contributed by atoms with E-state index in [1.807, 2.05) is 0 Å². The van der Waals surface area contributed by atoms with Crippen molar-refractivity contribution in [3.8, 4) is 0 Å². The van der Waals surface area contributed by atoms with Crippen LogP contribution in [0.15, 0.2) is 12.2 Å². The van der Waals surface area contributed by atoms with Gasteiger partial charge in [0.15, 0.2) is 0 Å². The molecule has 0 saturated carbocycles. The van der Waals surface area contributed by atoms with E-state index in [0.717, 1.165) is 25.6 Å². The highest BCUT2D eigenvalue weighted by Gasteiger charge is 2.03. The summed E-state index contributed by atoms with van der Waals surface area (Å²) in [6, 6.07) is 0. The molecule has 0 bridgehead atoms. The van der Waals surface area contributed by atoms with Crippen LogP contribution in [0.3, 0.4) is 0 Å². The van der Waals surface area contributed by atoms with E-state index in [2.05, 4.69) is 35.2 Å². The lowest BCUT2D eigenvalue weighted by molar-refractivity contribution is 0.124. The first-order valence-corrected chi connectivity index (χ1v) is 7.61. The fourth-order valence-electron chi connectivity index (χ4n) is 1.65. The van der Waals surface area contributed by atoms with Gasteiger partial charge in [0.05, 0.1) is 0 Å². The van der Waals surface area contributed by atoms with Gasteiger partial charge in [-0.15, -0.1) is 9.24 Å². The summed E-state index contributed by atoms with van der Waals surface area (Å²) >= 11 is 0. The van der Waals surface area contributed by atoms with Crippen LogP contribution >= 0.6 is 9.24 Å². The van der Waals surface area contributed by atoms with Crippen LogP contribution in [0.1, 0.15) is 52.4 Å². The van der Waals surface area contributed by atoms with Gasteiger partial charge in [0.2, 0.25) is 0 Å². The Morgan fingerprint density at radius 3 is 2.56 bits per heavy atom. The van der Waals surface area contributed by atoms with Gasteiger partial charge in [-0.2, -0.15) is 0 Å². The summed E-state index contributed by atoms with van der Waals surface area (Å²) in [6.45, 7) is 6.22. The van der Waals surface area contributed by atoms with Crippen LogP contribution in [0.4, 0.5) is 0 Å². The van der Waals surface area contributed by atoms with E-state index >= 15 is 0 Å². The smallest absolute Gasteiger partial charge is 0.0471 e. The van der Waals surface area contributed by atoms with Gasteiger partial charge >= 0.3 is 0 Å². The molecule has 0 aromatic rings. The van der Waals surface area contributed by atoms with E-state index in [4.69, 9.17) is 4.74 Å². The first kappa shape index (κ1) is 16.1. The highest BCUT2D eigenvalue weighted by molar-refractivity contribution is 7.16. The second kappa shape index (κ2) is 13.2. The summed E-state index contributed by atoms with van der Waals surface area (Å²) in [5.74, 6) is 0.726. The average Bonchev–Trinajstić information content (AvgIpc) is 2.31. The monoisotopic (exact) mass is 244 g/mol. The first-order valence-electron chi connectivity index (χ1n) is 6.79. The van der Waals surface area contributed by atoms with Crippen molar-refractivity contribution in [2.75, 3.05) is 19.4 Å². The van der Waals surface area contributed by atoms with Crippen molar-refractivity contribution < 1.29 is 4.74 Å². The molecular formula is C14H29OP. The fraction of sp³-hybridized carbons (Fsp3) is 0.857. The number of unbranched alkanes of at least 4 members (excludes halogenated alkanes) is 1. The molecule has 16 heavy (non-hydrogen) atoms. The van der Waals surface area contributed by atoms with Gasteiger partial charge in [0.25, 0.3) is 0 Å². The Morgan fingerprint density at radius 1 is 1.12 bits per heavy atom. The van der Waals surface area contributed by atoms with Gasteiger partial charge in [-0.25, -0.2) is 0 Å². The Morgan fingerprint density at radius 2 is 1.94 bits per heavy atom. The molecule has 0 aliphatic carbocycles. The van der Waals surface area contributed by atoms with Crippen molar-refractivity contribution in [3.63, 3.8) is 0 Å². The molecule has 0 fully saturated rings. The van der Waals surface area contributed by atoms with E-state index in [1.54, 1.807) is 0 Å². The molecular weight excluding hydrogens is 215 g/mol. The zero-order valence-corrected chi connectivity index (χ0v) is 12.2. The lowest BCUT2D eigenvalue weighted by atomic mass is 9.99. The van der Waals surface area contributed by atoms with Crippen LogP contribution in [0.5, 0.6) is 0 Å². The Labute approximate surface area is 104 Å². The van der Waals surface area contributed by atoms with Crippen LogP contribution in [-0.4, -0.2) is 19.4 Å². The Bertz CT molecular complexity index is 157. The van der Waals surface area contributed by atoms with Gasteiger partial charge in [0, 0.05) is 13.2 Å². The number of hydrogen-bond acceptors (Lipinski definition) is 1. The minimum absolute atomic E-state index is 0.726. The Hall–Kier alpha value is 0.130. The predicted molar refractivity (Wildman–Crippen MR) is 77.1 cm³/mol. The van der Waals surface area contributed by atoms with Crippen LogP contribution in [0, 0.1) is 5.92 Å². The van der Waals surface area contributed by atoms with E-state index in [0.29, 0.717) is 0 Å². The third-order valence-electron chi connectivity index (χ3n) is 2.62. The number of rotatable bonds is 11. The topological polar surface area (TPSA) is 9.23 Å². The number of ether oxygens (including phenoxy) is 1. The molecule has 96 valence electrons. The molecule has 0 spiro atoms. The molecule has 0 saturated heterocycles. The molecule has 0 aromatic heterocycles. The Balaban J connectivity index is 3.71. The summed E-state index contributed by atoms with van der Waals surface area (Å²) in [7, 11) is 2.81. The lowest BCUT2D eigenvalue weighted by Gasteiger charge is -2.12. The van der Waals surface area contributed by atoms with Crippen molar-refractivity contribution in [1.29, 1.82) is 0 Å². The third kappa shape index (κ3) is 10.6. The molecule has 2 heteroatoms. The molecule has 0 amide bonds. The van der Waals surface area contributed by atoms with Crippen molar-refractivity contribution in [1.82, 2.24) is 0 Å². The molecule has 1 nitrogen and oxygen atoms in total. The quantitative estimate of drug-likeness (QED) is 0.297. The van der Waals surface area contributed by atoms with Crippen LogP contribution in [-0.2, 0) is 4.74 Å². The van der Waals surface area contributed by atoms with Gasteiger partial charge in [-0.1, -0.05) is 32.4 Å². The Kier molecular flexibility index (Phi) is 13.3. The number of hydrogen-bond donors (Lipinski definition) is 0. The molecule has 2 unspecified atom stereocenters. The second-order valence-corrected chi connectivity index (χ2v) is 4.89. The second-order valence-electron chi connectivity index (χ2n) is 4.31. The van der Waals surface area contributed by atoms with E-state index < -0.39 is 0 Å². The van der Waals surface area contributed by atoms with E-state index in [1.165, 1.54) is 38.3 Å². The summed E-state index contributed by atoms with van der Waals surface area (Å²) in [5.41, 5.74) is 0.